The van der Waals surface area contributed by atoms with E-state index in [0.717, 1.165) is 6.07 Å². The van der Waals surface area contributed by atoms with E-state index in [1.807, 2.05) is 0 Å². The van der Waals surface area contributed by atoms with E-state index in [0.29, 0.717) is 10.0 Å². The van der Waals surface area contributed by atoms with Crippen molar-refractivity contribution in [3.63, 3.8) is 0 Å². The van der Waals surface area contributed by atoms with Crippen molar-refractivity contribution in [2.45, 2.75) is 0 Å². The highest BCUT2D eigenvalue weighted by atomic mass is 79.9. The number of halogens is 1. The zero-order valence-electron chi connectivity index (χ0n) is 11.9. The van der Waals surface area contributed by atoms with Crippen LogP contribution < -0.4 is 5.11 Å². The lowest BCUT2D eigenvalue weighted by Gasteiger charge is -2.11. The lowest BCUT2D eigenvalue weighted by atomic mass is 10.00. The SMILES string of the molecule is O=C1ON=C(c2ccccc2Br)/C1=C/c1cccc([N+](=O)[O-])c1[O-]. The van der Waals surface area contributed by atoms with Gasteiger partial charge in [0.15, 0.2) is 0 Å². The summed E-state index contributed by atoms with van der Waals surface area (Å²) in [6.07, 6.45) is 1.25. The van der Waals surface area contributed by atoms with Gasteiger partial charge in [-0.25, -0.2) is 4.79 Å². The fraction of sp³-hybridized carbons (Fsp3) is 0. The molecule has 0 radical (unpaired) electrons. The Kier molecular flexibility index (Phi) is 4.13. The molecule has 8 heteroatoms. The van der Waals surface area contributed by atoms with Crippen molar-refractivity contribution in [3.8, 4) is 5.75 Å². The Balaban J connectivity index is 2.11. The minimum Gasteiger partial charge on any atom is -0.867 e. The number of hydrogen-bond donors (Lipinski definition) is 0. The molecule has 0 N–H and O–H groups in total. The van der Waals surface area contributed by atoms with Crippen molar-refractivity contribution >= 4 is 39.4 Å². The standard InChI is InChI=1S/C16H9BrN2O5/c17-12-6-2-1-5-10(12)14-11(16(21)24-18-14)8-9-4-3-7-13(15(9)20)19(22)23/h1-8,20H/p-1/b11-8-. The van der Waals surface area contributed by atoms with Gasteiger partial charge in [0.05, 0.1) is 10.5 Å². The largest absolute Gasteiger partial charge is 0.867 e. The number of nitrogens with zero attached hydrogens (tertiary/aromatic N) is 2. The minimum atomic E-state index is -0.777. The Morgan fingerprint density at radius 1 is 1.17 bits per heavy atom. The molecular weight excluding hydrogens is 380 g/mol. The van der Waals surface area contributed by atoms with Crippen LogP contribution in [0.5, 0.6) is 5.75 Å². The molecule has 24 heavy (non-hydrogen) atoms. The second-order valence-corrected chi connectivity index (χ2v) is 5.66. The minimum absolute atomic E-state index is 0.0119. The molecule has 7 nitrogen and oxygen atoms in total. The van der Waals surface area contributed by atoms with Crippen molar-refractivity contribution < 1.29 is 19.7 Å². The second kappa shape index (κ2) is 6.25. The molecule has 2 aromatic rings. The molecule has 2 aromatic carbocycles. The third-order valence-corrected chi connectivity index (χ3v) is 4.04. The third-order valence-electron chi connectivity index (χ3n) is 3.35. The van der Waals surface area contributed by atoms with Crippen LogP contribution in [-0.4, -0.2) is 16.6 Å². The Bertz CT molecular complexity index is 920. The molecule has 0 unspecified atom stereocenters. The summed E-state index contributed by atoms with van der Waals surface area (Å²) in [6, 6.07) is 10.9. The lowest BCUT2D eigenvalue weighted by Crippen LogP contribution is -2.08. The van der Waals surface area contributed by atoms with Crippen LogP contribution in [0, 0.1) is 10.1 Å². The van der Waals surface area contributed by atoms with Crippen molar-refractivity contribution in [2.24, 2.45) is 5.16 Å². The normalized spacial score (nSPS) is 15.3. The first-order chi connectivity index (χ1) is 11.5. The van der Waals surface area contributed by atoms with Gasteiger partial charge in [-0.1, -0.05) is 51.4 Å². The van der Waals surface area contributed by atoms with Crippen molar-refractivity contribution in [2.75, 3.05) is 0 Å². The van der Waals surface area contributed by atoms with E-state index in [1.165, 1.54) is 18.2 Å². The van der Waals surface area contributed by atoms with Gasteiger partial charge in [0.1, 0.15) is 5.71 Å². The maximum atomic E-state index is 12.1. The summed E-state index contributed by atoms with van der Waals surface area (Å²) in [6.45, 7) is 0. The number of para-hydroxylation sites is 1. The Morgan fingerprint density at radius 3 is 2.62 bits per heavy atom. The van der Waals surface area contributed by atoms with E-state index in [9.17, 15) is 20.0 Å². The van der Waals surface area contributed by atoms with E-state index >= 15 is 0 Å². The maximum absolute atomic E-state index is 12.1. The molecule has 3 rings (SSSR count). The van der Waals surface area contributed by atoms with Crippen LogP contribution >= 0.6 is 15.9 Å². The van der Waals surface area contributed by atoms with E-state index in [1.54, 1.807) is 24.3 Å². The highest BCUT2D eigenvalue weighted by Crippen LogP contribution is 2.31. The van der Waals surface area contributed by atoms with Crippen molar-refractivity contribution in [1.82, 2.24) is 0 Å². The van der Waals surface area contributed by atoms with Gasteiger partial charge in [0.25, 0.3) is 5.69 Å². The Morgan fingerprint density at radius 2 is 1.92 bits per heavy atom. The highest BCUT2D eigenvalue weighted by Gasteiger charge is 2.28. The van der Waals surface area contributed by atoms with Crippen LogP contribution in [0.3, 0.4) is 0 Å². The van der Waals surface area contributed by atoms with Crippen LogP contribution in [0.4, 0.5) is 5.69 Å². The first-order valence-corrected chi connectivity index (χ1v) is 7.49. The van der Waals surface area contributed by atoms with E-state index in [-0.39, 0.29) is 16.8 Å². The van der Waals surface area contributed by atoms with Gasteiger partial charge < -0.3 is 9.94 Å². The summed E-state index contributed by atoms with van der Waals surface area (Å²) < 4.78 is 0.689. The fourth-order valence-corrected chi connectivity index (χ4v) is 2.68. The highest BCUT2D eigenvalue weighted by molar-refractivity contribution is 9.10. The predicted molar refractivity (Wildman–Crippen MR) is 87.3 cm³/mol. The maximum Gasteiger partial charge on any atom is 0.368 e. The number of nitro groups is 1. The molecular formula is C16H8BrN2O5-. The van der Waals surface area contributed by atoms with Crippen molar-refractivity contribution in [3.05, 3.63) is 73.8 Å². The smallest absolute Gasteiger partial charge is 0.368 e. The quantitative estimate of drug-likeness (QED) is 0.348. The summed E-state index contributed by atoms with van der Waals surface area (Å²) in [4.78, 5) is 26.8. The number of benzene rings is 2. The summed E-state index contributed by atoms with van der Waals surface area (Å²) in [5.41, 5.74) is 0.359. The van der Waals surface area contributed by atoms with Crippen LogP contribution in [0.25, 0.3) is 6.08 Å². The van der Waals surface area contributed by atoms with Crippen LogP contribution in [-0.2, 0) is 9.63 Å². The van der Waals surface area contributed by atoms with E-state index in [4.69, 9.17) is 4.84 Å². The van der Waals surface area contributed by atoms with Crippen LogP contribution in [0.15, 0.2) is 57.7 Å². The fourth-order valence-electron chi connectivity index (χ4n) is 2.21. The van der Waals surface area contributed by atoms with Gasteiger partial charge in [-0.15, -0.1) is 0 Å². The summed E-state index contributed by atoms with van der Waals surface area (Å²) in [5, 5.41) is 26.7. The van der Waals surface area contributed by atoms with Gasteiger partial charge in [-0.3, -0.25) is 10.1 Å². The second-order valence-electron chi connectivity index (χ2n) is 4.81. The van der Waals surface area contributed by atoms with Gasteiger partial charge in [0.2, 0.25) is 0 Å². The van der Waals surface area contributed by atoms with Gasteiger partial charge in [-0.2, -0.15) is 0 Å². The summed E-state index contributed by atoms with van der Waals surface area (Å²) in [7, 11) is 0. The van der Waals surface area contributed by atoms with E-state index in [2.05, 4.69) is 21.1 Å². The molecule has 0 saturated heterocycles. The summed E-state index contributed by atoms with van der Waals surface area (Å²) in [5.74, 6) is -1.51. The topological polar surface area (TPSA) is 105 Å². The molecule has 1 aliphatic rings. The molecule has 0 spiro atoms. The van der Waals surface area contributed by atoms with Crippen LogP contribution in [0.2, 0.25) is 0 Å². The number of rotatable bonds is 3. The molecule has 0 saturated carbocycles. The number of carbonyl (C=O) groups excluding carboxylic acids is 1. The van der Waals surface area contributed by atoms with Gasteiger partial charge >= 0.3 is 5.97 Å². The number of carbonyl (C=O) groups is 1. The zero-order valence-corrected chi connectivity index (χ0v) is 13.5. The zero-order chi connectivity index (χ0) is 17.3. The Labute approximate surface area is 144 Å². The average Bonchev–Trinajstić information content (AvgIpc) is 2.90. The summed E-state index contributed by atoms with van der Waals surface area (Å²) >= 11 is 3.36. The molecule has 0 atom stereocenters. The monoisotopic (exact) mass is 387 g/mol. The molecule has 0 amide bonds. The first kappa shape index (κ1) is 15.9. The molecule has 0 aliphatic carbocycles. The molecule has 120 valence electrons. The molecule has 0 bridgehead atoms. The van der Waals surface area contributed by atoms with Crippen LogP contribution in [0.1, 0.15) is 11.1 Å². The number of hydrogen-bond acceptors (Lipinski definition) is 6. The number of oxime groups is 1. The van der Waals surface area contributed by atoms with Gasteiger partial charge in [0, 0.05) is 16.1 Å². The molecule has 1 aliphatic heterocycles. The third kappa shape index (κ3) is 2.79. The predicted octanol–water partition coefficient (Wildman–Crippen LogP) is 2.78. The average molecular weight is 388 g/mol. The molecule has 0 fully saturated rings. The molecule has 1 heterocycles. The molecule has 0 aromatic heterocycles. The Hall–Kier alpha value is -3.00. The van der Waals surface area contributed by atoms with Gasteiger partial charge in [-0.05, 0) is 23.5 Å². The first-order valence-electron chi connectivity index (χ1n) is 6.70. The number of nitro benzene ring substituents is 1. The van der Waals surface area contributed by atoms with Crippen molar-refractivity contribution in [1.29, 1.82) is 0 Å². The van der Waals surface area contributed by atoms with E-state index < -0.39 is 22.3 Å². The lowest BCUT2D eigenvalue weighted by molar-refractivity contribution is -0.398.